The average Bonchev–Trinajstić information content (AvgIpc) is 2.65. The van der Waals surface area contributed by atoms with Gasteiger partial charge in [0.25, 0.3) is 0 Å². The molecular formula is C17H24N2O. The summed E-state index contributed by atoms with van der Waals surface area (Å²) in [7, 11) is 0. The summed E-state index contributed by atoms with van der Waals surface area (Å²) in [5.74, 6) is 0.927. The fraction of sp³-hybridized carbons (Fsp3) is 0.588. The first-order valence-electron chi connectivity index (χ1n) is 7.50. The van der Waals surface area contributed by atoms with Crippen LogP contribution < -0.4 is 4.74 Å². The second kappa shape index (κ2) is 5.85. The van der Waals surface area contributed by atoms with Crippen molar-refractivity contribution in [3.63, 3.8) is 0 Å². The minimum Gasteiger partial charge on any atom is -0.493 e. The van der Waals surface area contributed by atoms with Crippen molar-refractivity contribution < 1.29 is 4.74 Å². The van der Waals surface area contributed by atoms with Crippen LogP contribution in [-0.2, 0) is 5.54 Å². The van der Waals surface area contributed by atoms with Crippen LogP contribution in [0.2, 0.25) is 0 Å². The Hall–Kier alpha value is -1.53. The van der Waals surface area contributed by atoms with E-state index in [1.807, 2.05) is 0 Å². The number of hydrogen-bond acceptors (Lipinski definition) is 3. The highest BCUT2D eigenvalue weighted by atomic mass is 16.5. The van der Waals surface area contributed by atoms with Gasteiger partial charge in [0.05, 0.1) is 12.7 Å². The zero-order valence-corrected chi connectivity index (χ0v) is 13.0. The van der Waals surface area contributed by atoms with Crippen molar-refractivity contribution in [1.29, 1.82) is 5.26 Å². The predicted octanol–water partition coefficient (Wildman–Crippen LogP) is 3.54. The van der Waals surface area contributed by atoms with Crippen LogP contribution in [0.15, 0.2) is 12.1 Å². The second-order valence-corrected chi connectivity index (χ2v) is 5.48. The van der Waals surface area contributed by atoms with Crippen molar-refractivity contribution in [1.82, 2.24) is 4.90 Å². The molecule has 3 nitrogen and oxygen atoms in total. The zero-order chi connectivity index (χ0) is 14.8. The van der Waals surface area contributed by atoms with Gasteiger partial charge in [-0.15, -0.1) is 0 Å². The maximum Gasteiger partial charge on any atom is 0.138 e. The molecule has 1 aliphatic heterocycles. The molecule has 0 fully saturated rings. The summed E-state index contributed by atoms with van der Waals surface area (Å²) in [5, 5.41) is 9.96. The van der Waals surface area contributed by atoms with Gasteiger partial charge in [0.15, 0.2) is 0 Å². The molecule has 0 N–H and O–H groups in total. The zero-order valence-electron chi connectivity index (χ0n) is 13.0. The molecule has 0 saturated heterocycles. The number of fused-ring (bicyclic) bond motifs is 1. The summed E-state index contributed by atoms with van der Waals surface area (Å²) in [4.78, 5) is 2.26. The van der Waals surface area contributed by atoms with Gasteiger partial charge in [-0.2, -0.15) is 5.26 Å². The highest BCUT2D eigenvalue weighted by molar-refractivity contribution is 5.51. The Labute approximate surface area is 122 Å². The fourth-order valence-electron chi connectivity index (χ4n) is 3.22. The molecule has 108 valence electrons. The lowest BCUT2D eigenvalue weighted by atomic mass is 9.83. The minimum atomic E-state index is -0.548. The van der Waals surface area contributed by atoms with Crippen molar-refractivity contribution in [2.45, 2.75) is 46.1 Å². The van der Waals surface area contributed by atoms with Gasteiger partial charge in [-0.3, -0.25) is 4.90 Å². The van der Waals surface area contributed by atoms with Crippen LogP contribution in [0.4, 0.5) is 0 Å². The molecule has 0 aliphatic carbocycles. The number of aryl methyl sites for hydroxylation is 1. The molecule has 1 aliphatic rings. The van der Waals surface area contributed by atoms with Gasteiger partial charge in [0.2, 0.25) is 0 Å². The Kier molecular flexibility index (Phi) is 4.35. The van der Waals surface area contributed by atoms with Gasteiger partial charge in [-0.25, -0.2) is 0 Å². The Bertz CT molecular complexity index is 529. The van der Waals surface area contributed by atoms with Crippen LogP contribution in [0.3, 0.4) is 0 Å². The summed E-state index contributed by atoms with van der Waals surface area (Å²) in [6.07, 6.45) is 1.75. The van der Waals surface area contributed by atoms with E-state index < -0.39 is 5.54 Å². The number of ether oxygens (including phenoxy) is 1. The van der Waals surface area contributed by atoms with E-state index in [0.717, 1.165) is 42.8 Å². The molecule has 0 saturated carbocycles. The van der Waals surface area contributed by atoms with Gasteiger partial charge in [-0.05, 0) is 50.9 Å². The quantitative estimate of drug-likeness (QED) is 0.844. The van der Waals surface area contributed by atoms with Crippen molar-refractivity contribution in [2.24, 2.45) is 0 Å². The Morgan fingerprint density at radius 3 is 2.60 bits per heavy atom. The summed E-state index contributed by atoms with van der Waals surface area (Å²) >= 11 is 0. The molecule has 0 spiro atoms. The van der Waals surface area contributed by atoms with E-state index in [9.17, 15) is 5.26 Å². The lowest BCUT2D eigenvalue weighted by Crippen LogP contribution is -2.45. The number of benzene rings is 1. The molecule has 1 heterocycles. The van der Waals surface area contributed by atoms with Crippen molar-refractivity contribution >= 4 is 0 Å². The normalized spacial score (nSPS) is 21.8. The SMILES string of the molecule is CCN(CC)C1(C#N)CCCOc2c1ccc(C)c2C. The number of nitriles is 1. The molecule has 0 aromatic heterocycles. The number of rotatable bonds is 3. The first-order chi connectivity index (χ1) is 9.60. The molecule has 3 heteroatoms. The van der Waals surface area contributed by atoms with Crippen LogP contribution >= 0.6 is 0 Å². The number of nitrogens with zero attached hydrogens (tertiary/aromatic N) is 2. The van der Waals surface area contributed by atoms with Crippen LogP contribution in [0.25, 0.3) is 0 Å². The Balaban J connectivity index is 2.67. The third-order valence-electron chi connectivity index (χ3n) is 4.54. The Morgan fingerprint density at radius 2 is 2.00 bits per heavy atom. The monoisotopic (exact) mass is 272 g/mol. The molecule has 2 rings (SSSR count). The first kappa shape index (κ1) is 14.9. The van der Waals surface area contributed by atoms with E-state index >= 15 is 0 Å². The molecule has 1 aromatic carbocycles. The maximum atomic E-state index is 9.96. The molecule has 1 atom stereocenters. The molecule has 0 radical (unpaired) electrons. The van der Waals surface area contributed by atoms with Gasteiger partial charge in [0, 0.05) is 5.56 Å². The standard InChI is InChI=1S/C17H24N2O/c1-5-19(6-2)17(12-18)10-7-11-20-16-14(4)13(3)8-9-15(16)17/h8-9H,5-7,10-11H2,1-4H3. The van der Waals surface area contributed by atoms with E-state index in [2.05, 4.69) is 50.8 Å². The number of hydrogen-bond donors (Lipinski definition) is 0. The Morgan fingerprint density at radius 1 is 1.30 bits per heavy atom. The minimum absolute atomic E-state index is 0.548. The molecule has 1 unspecified atom stereocenters. The van der Waals surface area contributed by atoms with Crippen LogP contribution in [0, 0.1) is 25.2 Å². The lowest BCUT2D eigenvalue weighted by Gasteiger charge is -2.37. The third kappa shape index (κ3) is 2.19. The van der Waals surface area contributed by atoms with Crippen LogP contribution in [0.5, 0.6) is 5.75 Å². The molecular weight excluding hydrogens is 248 g/mol. The van der Waals surface area contributed by atoms with Gasteiger partial charge >= 0.3 is 0 Å². The fourth-order valence-corrected chi connectivity index (χ4v) is 3.22. The highest BCUT2D eigenvalue weighted by Gasteiger charge is 2.41. The summed E-state index contributed by atoms with van der Waals surface area (Å²) in [5.41, 5.74) is 2.88. The highest BCUT2D eigenvalue weighted by Crippen LogP contribution is 2.42. The second-order valence-electron chi connectivity index (χ2n) is 5.48. The van der Waals surface area contributed by atoms with Crippen molar-refractivity contribution in [3.05, 3.63) is 28.8 Å². The topological polar surface area (TPSA) is 36.3 Å². The van der Waals surface area contributed by atoms with Crippen LogP contribution in [0.1, 0.15) is 43.4 Å². The van der Waals surface area contributed by atoms with E-state index in [1.54, 1.807) is 0 Å². The lowest BCUT2D eigenvalue weighted by molar-refractivity contribution is 0.142. The maximum absolute atomic E-state index is 9.96. The van der Waals surface area contributed by atoms with Gasteiger partial charge in [-0.1, -0.05) is 26.0 Å². The summed E-state index contributed by atoms with van der Waals surface area (Å²) in [6.45, 7) is 10.9. The molecule has 20 heavy (non-hydrogen) atoms. The van der Waals surface area contributed by atoms with Crippen molar-refractivity contribution in [3.8, 4) is 11.8 Å². The van der Waals surface area contributed by atoms with Gasteiger partial charge < -0.3 is 4.74 Å². The third-order valence-corrected chi connectivity index (χ3v) is 4.54. The largest absolute Gasteiger partial charge is 0.493 e. The van der Waals surface area contributed by atoms with Crippen LogP contribution in [-0.4, -0.2) is 24.6 Å². The first-order valence-corrected chi connectivity index (χ1v) is 7.50. The molecule has 0 amide bonds. The predicted molar refractivity (Wildman–Crippen MR) is 80.9 cm³/mol. The summed E-state index contributed by atoms with van der Waals surface area (Å²) < 4.78 is 5.98. The average molecular weight is 272 g/mol. The molecule has 1 aromatic rings. The summed E-state index contributed by atoms with van der Waals surface area (Å²) in [6, 6.07) is 6.81. The van der Waals surface area contributed by atoms with E-state index in [0.29, 0.717) is 6.61 Å². The smallest absolute Gasteiger partial charge is 0.138 e. The van der Waals surface area contributed by atoms with E-state index in [-0.39, 0.29) is 0 Å². The van der Waals surface area contributed by atoms with Gasteiger partial charge in [0.1, 0.15) is 11.3 Å². The van der Waals surface area contributed by atoms with E-state index in [1.165, 1.54) is 5.56 Å². The van der Waals surface area contributed by atoms with Crippen molar-refractivity contribution in [2.75, 3.05) is 19.7 Å². The molecule has 0 bridgehead atoms. The van der Waals surface area contributed by atoms with E-state index in [4.69, 9.17) is 4.74 Å².